The van der Waals surface area contributed by atoms with Crippen LogP contribution in [0.4, 0.5) is 0 Å². The van der Waals surface area contributed by atoms with Crippen LogP contribution in [0.3, 0.4) is 0 Å². The van der Waals surface area contributed by atoms with Gasteiger partial charge < -0.3 is 19.4 Å². The predicted octanol–water partition coefficient (Wildman–Crippen LogP) is -0.0892. The SMILES string of the molecule is COc1nn(C)cc1C(=O)N1CCN(CCNC(=O)Cn2c(=O)oc3ccccc32)CC1. The third-order valence-corrected chi connectivity index (χ3v) is 5.50. The first-order valence-corrected chi connectivity index (χ1v) is 10.4. The van der Waals surface area contributed by atoms with Crippen LogP contribution in [0.5, 0.6) is 5.88 Å². The maximum Gasteiger partial charge on any atom is 0.420 e. The molecule has 1 saturated heterocycles. The van der Waals surface area contributed by atoms with E-state index >= 15 is 0 Å². The third-order valence-electron chi connectivity index (χ3n) is 5.50. The summed E-state index contributed by atoms with van der Waals surface area (Å²) in [7, 11) is 3.24. The summed E-state index contributed by atoms with van der Waals surface area (Å²) in [5.74, 6) is -0.573. The number of carbonyl (C=O) groups excluding carboxylic acids is 2. The van der Waals surface area contributed by atoms with E-state index in [4.69, 9.17) is 9.15 Å². The minimum Gasteiger partial charge on any atom is -0.479 e. The van der Waals surface area contributed by atoms with Crippen LogP contribution in [-0.4, -0.2) is 82.3 Å². The molecule has 0 saturated carbocycles. The van der Waals surface area contributed by atoms with Gasteiger partial charge in [-0.05, 0) is 12.1 Å². The van der Waals surface area contributed by atoms with Crippen molar-refractivity contribution in [2.24, 2.45) is 7.05 Å². The summed E-state index contributed by atoms with van der Waals surface area (Å²) in [6.07, 6.45) is 1.66. The molecule has 170 valence electrons. The molecule has 3 aromatic rings. The van der Waals surface area contributed by atoms with E-state index in [9.17, 15) is 14.4 Å². The van der Waals surface area contributed by atoms with Crippen LogP contribution < -0.4 is 15.8 Å². The lowest BCUT2D eigenvalue weighted by Gasteiger charge is -2.34. The van der Waals surface area contributed by atoms with Crippen molar-refractivity contribution in [3.8, 4) is 5.88 Å². The Morgan fingerprint density at radius 1 is 1.19 bits per heavy atom. The number of methoxy groups -OCH3 is 1. The van der Waals surface area contributed by atoms with Gasteiger partial charge in [0.05, 0.1) is 12.6 Å². The van der Waals surface area contributed by atoms with E-state index in [1.54, 1.807) is 47.1 Å². The van der Waals surface area contributed by atoms with Gasteiger partial charge in [0.1, 0.15) is 12.1 Å². The average molecular weight is 442 g/mol. The van der Waals surface area contributed by atoms with Crippen molar-refractivity contribution in [1.29, 1.82) is 0 Å². The van der Waals surface area contributed by atoms with Crippen molar-refractivity contribution in [3.05, 3.63) is 46.6 Å². The molecule has 2 amide bonds. The highest BCUT2D eigenvalue weighted by Gasteiger charge is 2.26. The molecule has 1 N–H and O–H groups in total. The number of carbonyl (C=O) groups is 2. The Kier molecular flexibility index (Phi) is 6.26. The Balaban J connectivity index is 1.23. The summed E-state index contributed by atoms with van der Waals surface area (Å²) in [4.78, 5) is 41.0. The number of hydrogen-bond acceptors (Lipinski definition) is 7. The molecule has 2 aromatic heterocycles. The second kappa shape index (κ2) is 9.27. The van der Waals surface area contributed by atoms with Crippen LogP contribution in [0.2, 0.25) is 0 Å². The van der Waals surface area contributed by atoms with Crippen LogP contribution in [0.15, 0.2) is 39.7 Å². The van der Waals surface area contributed by atoms with Crippen molar-refractivity contribution in [2.45, 2.75) is 6.54 Å². The minimum atomic E-state index is -0.549. The number of ether oxygens (including phenoxy) is 1. The molecule has 11 nitrogen and oxygen atoms in total. The van der Waals surface area contributed by atoms with Crippen LogP contribution >= 0.6 is 0 Å². The van der Waals surface area contributed by atoms with Crippen molar-refractivity contribution >= 4 is 22.9 Å². The molecule has 1 aliphatic rings. The van der Waals surface area contributed by atoms with Gasteiger partial charge in [0, 0.05) is 52.5 Å². The monoisotopic (exact) mass is 442 g/mol. The van der Waals surface area contributed by atoms with Gasteiger partial charge in [0.2, 0.25) is 11.8 Å². The molecular formula is C21H26N6O5. The molecule has 0 unspecified atom stereocenters. The van der Waals surface area contributed by atoms with Gasteiger partial charge in [-0.1, -0.05) is 12.1 Å². The highest BCUT2D eigenvalue weighted by molar-refractivity contribution is 5.96. The molecule has 3 heterocycles. The van der Waals surface area contributed by atoms with E-state index in [1.165, 1.54) is 11.7 Å². The zero-order chi connectivity index (χ0) is 22.7. The average Bonchev–Trinajstić information content (AvgIpc) is 3.33. The van der Waals surface area contributed by atoms with Gasteiger partial charge >= 0.3 is 5.76 Å². The van der Waals surface area contributed by atoms with Crippen molar-refractivity contribution in [3.63, 3.8) is 0 Å². The number of oxazole rings is 1. The summed E-state index contributed by atoms with van der Waals surface area (Å²) >= 11 is 0. The lowest BCUT2D eigenvalue weighted by Crippen LogP contribution is -2.50. The molecule has 0 bridgehead atoms. The smallest absolute Gasteiger partial charge is 0.420 e. The molecule has 4 rings (SSSR count). The van der Waals surface area contributed by atoms with Crippen LogP contribution in [0.25, 0.3) is 11.1 Å². The fourth-order valence-electron chi connectivity index (χ4n) is 3.83. The van der Waals surface area contributed by atoms with Gasteiger partial charge in [0.15, 0.2) is 5.58 Å². The normalized spacial score (nSPS) is 14.6. The molecular weight excluding hydrogens is 416 g/mol. The van der Waals surface area contributed by atoms with E-state index < -0.39 is 5.76 Å². The standard InChI is InChI=1S/C21H26N6O5/c1-24-13-15(19(23-24)31-2)20(29)26-11-9-25(10-12-26)8-7-22-18(28)14-27-16-5-3-4-6-17(16)32-21(27)30/h3-6,13H,7-12,14H2,1-2H3,(H,22,28). The number of nitrogens with one attached hydrogen (secondary N) is 1. The van der Waals surface area contributed by atoms with Crippen LogP contribution in [0, 0.1) is 0 Å². The summed E-state index contributed by atoms with van der Waals surface area (Å²) in [6.45, 7) is 3.60. The Morgan fingerprint density at radius 2 is 1.94 bits per heavy atom. The Bertz CT molecular complexity index is 1170. The molecule has 1 aromatic carbocycles. The third kappa shape index (κ3) is 4.52. The number of aryl methyl sites for hydroxylation is 1. The van der Waals surface area contributed by atoms with Crippen molar-refractivity contribution in [2.75, 3.05) is 46.4 Å². The first-order valence-electron chi connectivity index (χ1n) is 10.4. The van der Waals surface area contributed by atoms with Gasteiger partial charge in [-0.2, -0.15) is 0 Å². The summed E-state index contributed by atoms with van der Waals surface area (Å²) in [5, 5.41) is 6.98. The summed E-state index contributed by atoms with van der Waals surface area (Å²) in [5.41, 5.74) is 1.51. The number of rotatable bonds is 7. The fraction of sp³-hybridized carbons (Fsp3) is 0.429. The van der Waals surface area contributed by atoms with Gasteiger partial charge in [0.25, 0.3) is 5.91 Å². The maximum absolute atomic E-state index is 12.8. The fourth-order valence-corrected chi connectivity index (χ4v) is 3.83. The van der Waals surface area contributed by atoms with Crippen molar-refractivity contribution in [1.82, 2.24) is 29.5 Å². The van der Waals surface area contributed by atoms with Gasteiger partial charge in [-0.25, -0.2) is 4.79 Å². The predicted molar refractivity (Wildman–Crippen MR) is 116 cm³/mol. The number of nitrogens with zero attached hydrogens (tertiary/aromatic N) is 5. The number of piperazine rings is 1. The lowest BCUT2D eigenvalue weighted by molar-refractivity contribution is -0.121. The van der Waals surface area contributed by atoms with E-state index in [1.807, 2.05) is 0 Å². The van der Waals surface area contributed by atoms with Crippen LogP contribution in [0.1, 0.15) is 10.4 Å². The number of amides is 2. The highest BCUT2D eigenvalue weighted by Crippen LogP contribution is 2.18. The first-order chi connectivity index (χ1) is 15.5. The lowest BCUT2D eigenvalue weighted by atomic mass is 10.2. The Hall–Kier alpha value is -3.60. The largest absolute Gasteiger partial charge is 0.479 e. The number of fused-ring (bicyclic) bond motifs is 1. The molecule has 0 radical (unpaired) electrons. The molecule has 0 spiro atoms. The molecule has 0 atom stereocenters. The molecule has 32 heavy (non-hydrogen) atoms. The van der Waals surface area contributed by atoms with Gasteiger partial charge in [-0.15, -0.1) is 5.10 Å². The number of hydrogen-bond donors (Lipinski definition) is 1. The van der Waals surface area contributed by atoms with Crippen molar-refractivity contribution < 1.29 is 18.7 Å². The zero-order valence-corrected chi connectivity index (χ0v) is 18.1. The molecule has 1 fully saturated rings. The minimum absolute atomic E-state index is 0.0922. The first kappa shape index (κ1) is 21.6. The Morgan fingerprint density at radius 3 is 2.69 bits per heavy atom. The summed E-state index contributed by atoms with van der Waals surface area (Å²) in [6, 6.07) is 7.01. The molecule has 1 aliphatic heterocycles. The van der Waals surface area contributed by atoms with E-state index in [0.29, 0.717) is 61.8 Å². The second-order valence-electron chi connectivity index (χ2n) is 7.63. The van der Waals surface area contributed by atoms with Crippen LogP contribution in [-0.2, 0) is 18.4 Å². The molecule has 0 aliphatic carbocycles. The van der Waals surface area contributed by atoms with E-state index in [-0.39, 0.29) is 18.4 Å². The highest BCUT2D eigenvalue weighted by atomic mass is 16.5. The topological polar surface area (TPSA) is 115 Å². The quantitative estimate of drug-likeness (QED) is 0.544. The zero-order valence-electron chi connectivity index (χ0n) is 18.1. The number of aromatic nitrogens is 3. The maximum atomic E-state index is 12.8. The van der Waals surface area contributed by atoms with Gasteiger partial charge in [-0.3, -0.25) is 23.7 Å². The van der Waals surface area contributed by atoms with E-state index in [2.05, 4.69) is 15.3 Å². The number of para-hydroxylation sites is 2. The second-order valence-corrected chi connectivity index (χ2v) is 7.63. The molecule has 11 heteroatoms. The van der Waals surface area contributed by atoms with E-state index in [0.717, 1.165) is 0 Å². The summed E-state index contributed by atoms with van der Waals surface area (Å²) < 4.78 is 13.2. The number of benzene rings is 1. The Labute approximate surface area is 184 Å².